The summed E-state index contributed by atoms with van der Waals surface area (Å²) in [7, 11) is 0. The molecule has 0 fully saturated rings. The first kappa shape index (κ1) is 20.1. The van der Waals surface area contributed by atoms with Crippen LogP contribution < -0.4 is 16.0 Å². The Morgan fingerprint density at radius 3 is 2.19 bits per heavy atom. The monoisotopic (exact) mass is 381 g/mol. The van der Waals surface area contributed by atoms with Crippen molar-refractivity contribution in [1.29, 1.82) is 0 Å². The molecule has 0 saturated carbocycles. The fraction of sp³-hybridized carbons (Fsp3) is 0.294. The average Bonchev–Trinajstić information content (AvgIpc) is 2.65. The van der Waals surface area contributed by atoms with Crippen LogP contribution in [-0.4, -0.2) is 41.4 Å². The number of benzene rings is 1. The summed E-state index contributed by atoms with van der Waals surface area (Å²) in [6.45, 7) is 0.710. The zero-order valence-electron chi connectivity index (χ0n) is 14.2. The minimum atomic E-state index is -4.44. The lowest BCUT2D eigenvalue weighted by Gasteiger charge is -2.09. The third kappa shape index (κ3) is 6.92. The summed E-state index contributed by atoms with van der Waals surface area (Å²) in [4.78, 5) is 31.4. The molecule has 2 amide bonds. The topological polar surface area (TPSA) is 96.0 Å². The van der Waals surface area contributed by atoms with Crippen LogP contribution in [0.25, 0.3) is 0 Å². The van der Waals surface area contributed by atoms with Gasteiger partial charge in [0.05, 0.1) is 5.56 Å². The van der Waals surface area contributed by atoms with E-state index in [0.717, 1.165) is 24.3 Å². The molecule has 1 aromatic carbocycles. The van der Waals surface area contributed by atoms with E-state index in [1.165, 1.54) is 0 Å². The molecule has 0 aliphatic rings. The van der Waals surface area contributed by atoms with Crippen molar-refractivity contribution in [3.63, 3.8) is 0 Å². The molecule has 7 nitrogen and oxygen atoms in total. The van der Waals surface area contributed by atoms with Crippen molar-refractivity contribution in [1.82, 2.24) is 20.6 Å². The van der Waals surface area contributed by atoms with Gasteiger partial charge in [-0.2, -0.15) is 13.2 Å². The van der Waals surface area contributed by atoms with Crippen LogP contribution in [0, 0.1) is 0 Å². The molecular weight excluding hydrogens is 363 g/mol. The van der Waals surface area contributed by atoms with Crippen LogP contribution in [0.3, 0.4) is 0 Å². The first-order valence-corrected chi connectivity index (χ1v) is 8.09. The lowest BCUT2D eigenvalue weighted by atomic mass is 10.1. The van der Waals surface area contributed by atoms with Crippen LogP contribution in [0.5, 0.6) is 0 Å². The summed E-state index contributed by atoms with van der Waals surface area (Å²) in [5.74, 6) is -0.308. The largest absolute Gasteiger partial charge is 0.416 e. The predicted molar refractivity (Wildman–Crippen MR) is 91.9 cm³/mol. The molecule has 2 rings (SSSR count). The number of rotatable bonds is 8. The Balaban J connectivity index is 1.62. The van der Waals surface area contributed by atoms with Gasteiger partial charge in [-0.3, -0.25) is 9.59 Å². The van der Waals surface area contributed by atoms with Crippen molar-refractivity contribution in [3.8, 4) is 0 Å². The van der Waals surface area contributed by atoms with Gasteiger partial charge in [0.15, 0.2) is 0 Å². The summed E-state index contributed by atoms with van der Waals surface area (Å²) in [5.41, 5.74) is -0.706. The third-order valence-electron chi connectivity index (χ3n) is 3.41. The Labute approximate surface area is 153 Å². The maximum Gasteiger partial charge on any atom is 0.416 e. The van der Waals surface area contributed by atoms with Crippen LogP contribution in [0.1, 0.15) is 22.3 Å². The summed E-state index contributed by atoms with van der Waals surface area (Å²) in [6, 6.07) is 5.58. The average molecular weight is 381 g/mol. The highest BCUT2D eigenvalue weighted by molar-refractivity contribution is 5.94. The van der Waals surface area contributed by atoms with Gasteiger partial charge in [0.1, 0.15) is 0 Å². The second-order valence-corrected chi connectivity index (χ2v) is 5.43. The SMILES string of the molecule is O=C(CCNc1ncccn1)NCCNC(=O)c1ccc(C(F)(F)F)cc1. The second kappa shape index (κ2) is 9.51. The highest BCUT2D eigenvalue weighted by atomic mass is 19.4. The number of alkyl halides is 3. The van der Waals surface area contributed by atoms with Crippen LogP contribution >= 0.6 is 0 Å². The maximum absolute atomic E-state index is 12.5. The third-order valence-corrected chi connectivity index (χ3v) is 3.41. The van der Waals surface area contributed by atoms with E-state index in [-0.39, 0.29) is 31.0 Å². The number of amides is 2. The van der Waals surface area contributed by atoms with Crippen molar-refractivity contribution in [3.05, 3.63) is 53.9 Å². The standard InChI is InChI=1S/C17H18F3N5O2/c18-17(19,20)13-4-2-12(3-5-13)15(27)22-11-10-21-14(26)6-9-25-16-23-7-1-8-24-16/h1-5,7-8H,6,9-11H2,(H,21,26)(H,22,27)(H,23,24,25). The number of carbonyl (C=O) groups excluding carboxylic acids is 2. The first-order chi connectivity index (χ1) is 12.9. The zero-order valence-corrected chi connectivity index (χ0v) is 14.2. The maximum atomic E-state index is 12.5. The van der Waals surface area contributed by atoms with Crippen molar-refractivity contribution in [2.45, 2.75) is 12.6 Å². The number of aromatic nitrogens is 2. The summed E-state index contributed by atoms with van der Waals surface area (Å²) >= 11 is 0. The zero-order chi connectivity index (χ0) is 19.7. The summed E-state index contributed by atoms with van der Waals surface area (Å²) in [5, 5.41) is 8.03. The molecule has 0 saturated heterocycles. The van der Waals surface area contributed by atoms with Gasteiger partial charge in [0.25, 0.3) is 5.91 Å². The highest BCUT2D eigenvalue weighted by Crippen LogP contribution is 2.28. The number of carbonyl (C=O) groups is 2. The molecule has 3 N–H and O–H groups in total. The minimum Gasteiger partial charge on any atom is -0.354 e. The molecule has 10 heteroatoms. The summed E-state index contributed by atoms with van der Waals surface area (Å²) < 4.78 is 37.4. The lowest BCUT2D eigenvalue weighted by Crippen LogP contribution is -2.35. The fourth-order valence-corrected chi connectivity index (χ4v) is 2.06. The van der Waals surface area contributed by atoms with Crippen molar-refractivity contribution < 1.29 is 22.8 Å². The lowest BCUT2D eigenvalue weighted by molar-refractivity contribution is -0.137. The highest BCUT2D eigenvalue weighted by Gasteiger charge is 2.30. The number of halogens is 3. The molecule has 2 aromatic rings. The quantitative estimate of drug-likeness (QED) is 0.607. The van der Waals surface area contributed by atoms with Crippen LogP contribution in [0.2, 0.25) is 0 Å². The van der Waals surface area contributed by atoms with Crippen LogP contribution in [-0.2, 0) is 11.0 Å². The Morgan fingerprint density at radius 1 is 0.926 bits per heavy atom. The van der Waals surface area contributed by atoms with Crippen molar-refractivity contribution in [2.24, 2.45) is 0 Å². The molecular formula is C17H18F3N5O2. The summed E-state index contributed by atoms with van der Waals surface area (Å²) in [6.07, 6.45) is -1.09. The van der Waals surface area contributed by atoms with E-state index >= 15 is 0 Å². The van der Waals surface area contributed by atoms with E-state index in [1.807, 2.05) is 0 Å². The van der Waals surface area contributed by atoms with Crippen LogP contribution in [0.4, 0.5) is 19.1 Å². The Kier molecular flexibility index (Phi) is 7.09. The molecule has 0 aliphatic heterocycles. The Bertz CT molecular complexity index is 751. The number of hydrogen-bond acceptors (Lipinski definition) is 5. The molecule has 0 bridgehead atoms. The molecule has 0 radical (unpaired) electrons. The van der Waals surface area contributed by atoms with Crippen LogP contribution in [0.15, 0.2) is 42.7 Å². The second-order valence-electron chi connectivity index (χ2n) is 5.43. The Hall–Kier alpha value is -3.17. The number of hydrogen-bond donors (Lipinski definition) is 3. The molecule has 0 aliphatic carbocycles. The van der Waals surface area contributed by atoms with E-state index in [9.17, 15) is 22.8 Å². The predicted octanol–water partition coefficient (Wildman–Crippen LogP) is 1.84. The Morgan fingerprint density at radius 2 is 1.56 bits per heavy atom. The molecule has 0 spiro atoms. The fourth-order valence-electron chi connectivity index (χ4n) is 2.06. The van der Waals surface area contributed by atoms with E-state index in [1.54, 1.807) is 18.5 Å². The van der Waals surface area contributed by atoms with Gasteiger partial charge in [-0.1, -0.05) is 0 Å². The van der Waals surface area contributed by atoms with Gasteiger partial charge >= 0.3 is 6.18 Å². The first-order valence-electron chi connectivity index (χ1n) is 8.09. The normalized spacial score (nSPS) is 10.9. The number of nitrogens with one attached hydrogen (secondary N) is 3. The smallest absolute Gasteiger partial charge is 0.354 e. The molecule has 1 aromatic heterocycles. The van der Waals surface area contributed by atoms with E-state index in [4.69, 9.17) is 0 Å². The molecule has 27 heavy (non-hydrogen) atoms. The molecule has 144 valence electrons. The van der Waals surface area contributed by atoms with Gasteiger partial charge < -0.3 is 16.0 Å². The van der Waals surface area contributed by atoms with Crippen molar-refractivity contribution in [2.75, 3.05) is 25.0 Å². The van der Waals surface area contributed by atoms with Gasteiger partial charge in [-0.25, -0.2) is 9.97 Å². The van der Waals surface area contributed by atoms with Gasteiger partial charge in [-0.05, 0) is 30.3 Å². The van der Waals surface area contributed by atoms with E-state index < -0.39 is 17.6 Å². The van der Waals surface area contributed by atoms with E-state index in [2.05, 4.69) is 25.9 Å². The van der Waals surface area contributed by atoms with Gasteiger partial charge in [-0.15, -0.1) is 0 Å². The van der Waals surface area contributed by atoms with Gasteiger partial charge in [0, 0.05) is 44.0 Å². The molecule has 1 heterocycles. The molecule has 0 atom stereocenters. The molecule has 0 unspecified atom stereocenters. The number of nitrogens with zero attached hydrogens (tertiary/aromatic N) is 2. The van der Waals surface area contributed by atoms with E-state index in [0.29, 0.717) is 12.5 Å². The number of anilines is 1. The minimum absolute atomic E-state index is 0.112. The van der Waals surface area contributed by atoms with Gasteiger partial charge in [0.2, 0.25) is 11.9 Å². The van der Waals surface area contributed by atoms with Crippen molar-refractivity contribution >= 4 is 17.8 Å².